The number of hydrogen-bond acceptors (Lipinski definition) is 8. The van der Waals surface area contributed by atoms with Crippen LogP contribution in [0.15, 0.2) is 58.8 Å². The molecule has 0 bridgehead atoms. The number of piperidine rings is 1. The zero-order valence-electron chi connectivity index (χ0n) is 27.8. The molecule has 9 rings (SSSR count). The molecular weight excluding hydrogens is 683 g/mol. The lowest BCUT2D eigenvalue weighted by molar-refractivity contribution is -0.00829. The molecule has 2 fully saturated rings. The summed E-state index contributed by atoms with van der Waals surface area (Å²) in [6, 6.07) is 10.9. The summed E-state index contributed by atoms with van der Waals surface area (Å²) in [6.07, 6.45) is 6.07. The summed E-state index contributed by atoms with van der Waals surface area (Å²) >= 11 is 1.37. The van der Waals surface area contributed by atoms with Gasteiger partial charge in [-0.1, -0.05) is 49.6 Å². The van der Waals surface area contributed by atoms with Crippen molar-refractivity contribution in [1.29, 1.82) is 0 Å². The van der Waals surface area contributed by atoms with Gasteiger partial charge in [0.2, 0.25) is 18.0 Å². The Labute approximate surface area is 295 Å². The number of amides is 1. The number of rotatable bonds is 4. The number of fused-ring (bicyclic) bond motifs is 4. The van der Waals surface area contributed by atoms with Gasteiger partial charge in [0, 0.05) is 41.2 Å². The summed E-state index contributed by atoms with van der Waals surface area (Å²) in [5.74, 6) is -5.16. The molecule has 0 N–H and O–H groups in total. The largest absolute Gasteiger partial charge is 0.510 e. The molecule has 264 valence electrons. The molecule has 51 heavy (non-hydrogen) atoms. The molecule has 2 atom stereocenters. The first kappa shape index (κ1) is 32.1. The number of benzene rings is 2. The van der Waals surface area contributed by atoms with Crippen LogP contribution >= 0.6 is 11.3 Å². The Morgan fingerprint density at radius 3 is 2.61 bits per heavy atom. The Kier molecular flexibility index (Phi) is 7.33. The number of thiophene rings is 1. The van der Waals surface area contributed by atoms with E-state index in [1.807, 2.05) is 29.3 Å². The molecule has 1 saturated carbocycles. The van der Waals surface area contributed by atoms with Gasteiger partial charge in [0.05, 0.1) is 18.7 Å². The van der Waals surface area contributed by atoms with Crippen LogP contribution in [0.5, 0.6) is 5.75 Å². The summed E-state index contributed by atoms with van der Waals surface area (Å²) < 4.78 is 64.7. The minimum atomic E-state index is -3.45. The first-order valence-corrected chi connectivity index (χ1v) is 18.1. The van der Waals surface area contributed by atoms with Gasteiger partial charge < -0.3 is 19.1 Å². The highest BCUT2D eigenvalue weighted by Gasteiger charge is 2.53. The van der Waals surface area contributed by atoms with Crippen LogP contribution < -0.4 is 15.2 Å². The van der Waals surface area contributed by atoms with Crippen molar-refractivity contribution in [2.24, 2.45) is 5.41 Å². The number of aromatic nitrogens is 1. The molecule has 13 heteroatoms. The number of nitrogens with zero attached hydrogens (tertiary/aromatic N) is 3. The molecule has 2 aliphatic heterocycles. The van der Waals surface area contributed by atoms with Gasteiger partial charge in [-0.25, -0.2) is 18.0 Å². The summed E-state index contributed by atoms with van der Waals surface area (Å²) in [6.45, 7) is -0.277. The van der Waals surface area contributed by atoms with Crippen molar-refractivity contribution in [3.8, 4) is 27.3 Å². The first-order valence-electron chi connectivity index (χ1n) is 17.2. The quantitative estimate of drug-likeness (QED) is 0.158. The average molecular weight is 718 g/mol. The predicted octanol–water partition coefficient (Wildman–Crippen LogP) is 7.72. The normalized spacial score (nSPS) is 21.9. The topological polar surface area (TPSA) is 90.3 Å². The average Bonchev–Trinajstić information content (AvgIpc) is 3.49. The number of halogens is 3. The van der Waals surface area contributed by atoms with Crippen molar-refractivity contribution in [2.45, 2.75) is 69.5 Å². The third-order valence-electron chi connectivity index (χ3n) is 11.5. The third-order valence-corrected chi connectivity index (χ3v) is 12.6. The van der Waals surface area contributed by atoms with Crippen LogP contribution in [-0.4, -0.2) is 48.3 Å². The number of alkyl halides is 2. The van der Waals surface area contributed by atoms with Gasteiger partial charge >= 0.3 is 6.16 Å². The van der Waals surface area contributed by atoms with Crippen LogP contribution in [0.2, 0.25) is 0 Å². The summed E-state index contributed by atoms with van der Waals surface area (Å²) in [5, 5.41) is 3.76. The molecule has 4 aromatic rings. The highest BCUT2D eigenvalue weighted by Crippen LogP contribution is 2.59. The SMILES string of the molecule is COC(=O)OCOc1c2n(ccc1=O)N([C@@H]1c3ccccc3-c3scc4c3-c3c1ccc(F)c3C(F)(F)C4)[C@@H]1CC3(CCCCC3)CCN1C2=O. The molecule has 9 nitrogen and oxygen atoms in total. The highest BCUT2D eigenvalue weighted by molar-refractivity contribution is 7.14. The van der Waals surface area contributed by atoms with E-state index in [2.05, 4.69) is 4.74 Å². The maximum atomic E-state index is 16.1. The summed E-state index contributed by atoms with van der Waals surface area (Å²) in [7, 11) is 1.13. The van der Waals surface area contributed by atoms with E-state index in [1.54, 1.807) is 21.0 Å². The van der Waals surface area contributed by atoms with Crippen molar-refractivity contribution >= 4 is 23.4 Å². The van der Waals surface area contributed by atoms with E-state index in [0.717, 1.165) is 67.7 Å². The van der Waals surface area contributed by atoms with E-state index in [9.17, 15) is 14.4 Å². The Morgan fingerprint density at radius 2 is 1.80 bits per heavy atom. The molecule has 4 heterocycles. The van der Waals surface area contributed by atoms with Crippen LogP contribution in [0.3, 0.4) is 0 Å². The van der Waals surface area contributed by atoms with Gasteiger partial charge in [0.1, 0.15) is 12.0 Å². The number of methoxy groups -OCH3 is 1. The van der Waals surface area contributed by atoms with Gasteiger partial charge in [-0.05, 0) is 64.8 Å². The molecular formula is C38H34F3N3O6S. The lowest BCUT2D eigenvalue weighted by Crippen LogP contribution is -2.66. The number of carbonyl (C=O) groups excluding carboxylic acids is 2. The van der Waals surface area contributed by atoms with Crippen LogP contribution in [0.4, 0.5) is 18.0 Å². The third kappa shape index (κ3) is 4.76. The van der Waals surface area contributed by atoms with Crippen LogP contribution in [0, 0.1) is 11.2 Å². The zero-order valence-corrected chi connectivity index (χ0v) is 28.6. The van der Waals surface area contributed by atoms with Crippen LogP contribution in [0.1, 0.15) is 83.7 Å². The molecule has 5 aliphatic rings. The maximum absolute atomic E-state index is 16.1. The number of ether oxygens (including phenoxy) is 3. The summed E-state index contributed by atoms with van der Waals surface area (Å²) in [4.78, 5) is 42.3. The molecule has 1 amide bonds. The molecule has 2 aromatic heterocycles. The minimum absolute atomic E-state index is 0.0343. The maximum Gasteiger partial charge on any atom is 0.510 e. The van der Waals surface area contributed by atoms with Crippen LogP contribution in [-0.2, 0) is 21.8 Å². The number of hydrogen-bond donors (Lipinski definition) is 0. The predicted molar refractivity (Wildman–Crippen MR) is 182 cm³/mol. The van der Waals surface area contributed by atoms with Gasteiger partial charge in [-0.15, -0.1) is 11.3 Å². The van der Waals surface area contributed by atoms with E-state index in [4.69, 9.17) is 9.47 Å². The first-order chi connectivity index (χ1) is 24.6. The zero-order chi connectivity index (χ0) is 35.2. The Morgan fingerprint density at radius 1 is 1.00 bits per heavy atom. The lowest BCUT2D eigenvalue weighted by atomic mass is 9.67. The van der Waals surface area contributed by atoms with Gasteiger partial charge in [-0.2, -0.15) is 0 Å². The van der Waals surface area contributed by atoms with Crippen molar-refractivity contribution in [1.82, 2.24) is 9.58 Å². The molecule has 0 unspecified atom stereocenters. The fourth-order valence-electron chi connectivity index (χ4n) is 9.31. The second kappa shape index (κ2) is 11.6. The van der Waals surface area contributed by atoms with E-state index in [1.165, 1.54) is 23.6 Å². The van der Waals surface area contributed by atoms with Crippen molar-refractivity contribution in [3.63, 3.8) is 0 Å². The molecule has 0 radical (unpaired) electrons. The van der Waals surface area contributed by atoms with E-state index >= 15 is 13.2 Å². The molecule has 2 aromatic carbocycles. The second-order valence-corrected chi connectivity index (χ2v) is 15.0. The second-order valence-electron chi connectivity index (χ2n) is 14.2. The monoisotopic (exact) mass is 717 g/mol. The fourth-order valence-corrected chi connectivity index (χ4v) is 10.4. The van der Waals surface area contributed by atoms with Crippen molar-refractivity contribution < 1.29 is 37.0 Å². The Balaban J connectivity index is 1.32. The van der Waals surface area contributed by atoms with Crippen molar-refractivity contribution in [2.75, 3.05) is 25.5 Å². The standard InChI is InChI=1S/C38H34F3N3O6S/c1-48-36(47)50-20-49-33-26(45)11-15-43-32(33)35(46)42-16-14-37(12-5-2-6-13-37)18-27(42)44(43)31-22-7-3-4-8-23(22)34-28-21(19-51-34)17-38(40,41)30-25(39)10-9-24(31)29(28)30/h3-4,7-11,15,19,27,31H,2,5-6,12-14,16-18,20H2,1H3/t27-,31-/m1/s1. The van der Waals surface area contributed by atoms with E-state index < -0.39 is 60.2 Å². The molecule has 3 aliphatic carbocycles. The summed E-state index contributed by atoms with van der Waals surface area (Å²) in [5.41, 5.74) is 2.04. The number of carbonyl (C=O) groups is 2. The van der Waals surface area contributed by atoms with Gasteiger partial charge in [-0.3, -0.25) is 19.3 Å². The van der Waals surface area contributed by atoms with E-state index in [-0.39, 0.29) is 22.4 Å². The lowest BCUT2D eigenvalue weighted by Gasteiger charge is -2.56. The molecule has 1 saturated heterocycles. The highest BCUT2D eigenvalue weighted by atomic mass is 32.1. The molecule has 1 spiro atoms. The number of pyridine rings is 1. The Hall–Kier alpha value is -4.78. The Bertz CT molecular complexity index is 2180. The van der Waals surface area contributed by atoms with Gasteiger partial charge in [0.25, 0.3) is 11.8 Å². The van der Waals surface area contributed by atoms with Gasteiger partial charge in [0.15, 0.2) is 5.69 Å². The van der Waals surface area contributed by atoms with E-state index in [0.29, 0.717) is 29.7 Å². The van der Waals surface area contributed by atoms with Crippen LogP contribution in [0.25, 0.3) is 21.6 Å². The smallest absolute Gasteiger partial charge is 0.451 e. The fraction of sp³-hybridized carbons (Fsp3) is 0.395. The van der Waals surface area contributed by atoms with Crippen molar-refractivity contribution in [3.05, 3.63) is 98.0 Å². The minimum Gasteiger partial charge on any atom is -0.451 e.